The quantitative estimate of drug-likeness (QED) is 0.0670. The summed E-state index contributed by atoms with van der Waals surface area (Å²) < 4.78 is 143. The maximum atomic E-state index is 14.3. The van der Waals surface area contributed by atoms with Gasteiger partial charge < -0.3 is 78.2 Å². The van der Waals surface area contributed by atoms with Crippen molar-refractivity contribution in [3.63, 3.8) is 0 Å². The summed E-state index contributed by atoms with van der Waals surface area (Å²) in [5.41, 5.74) is -2.46. The van der Waals surface area contributed by atoms with Crippen LogP contribution in [0.1, 0.15) is 127 Å². The van der Waals surface area contributed by atoms with Gasteiger partial charge in [-0.2, -0.15) is 26.3 Å². The molecule has 98 heavy (non-hydrogen) atoms. The number of rotatable bonds is 14. The molecule has 7 aliphatic heterocycles. The van der Waals surface area contributed by atoms with E-state index in [1.807, 2.05) is 32.1 Å². The molecule has 21 atom stereocenters. The molecule has 5 N–H and O–H groups in total. The van der Waals surface area contributed by atoms with Crippen LogP contribution < -0.4 is 10.6 Å². The number of nitrogens with one attached hydrogen (secondary N) is 2. The number of allylic oxidation sites excluding steroid dienone is 2. The van der Waals surface area contributed by atoms with Gasteiger partial charge >= 0.3 is 18.3 Å². The van der Waals surface area contributed by atoms with E-state index in [4.69, 9.17) is 75.4 Å². The second-order valence-electron chi connectivity index (χ2n) is 26.8. The van der Waals surface area contributed by atoms with E-state index in [0.29, 0.717) is 48.8 Å². The Bertz CT molecular complexity index is 3370. The summed E-state index contributed by atoms with van der Waals surface area (Å²) in [6, 6.07) is 7.48. The van der Waals surface area contributed by atoms with Crippen molar-refractivity contribution in [1.29, 1.82) is 0 Å². The average molecular weight is 1430 g/mol. The first-order valence-corrected chi connectivity index (χ1v) is 33.7. The van der Waals surface area contributed by atoms with Crippen molar-refractivity contribution in [2.75, 3.05) is 33.9 Å². The first kappa shape index (κ1) is 76.9. The molecule has 542 valence electrons. The third-order valence-electron chi connectivity index (χ3n) is 19.7. The van der Waals surface area contributed by atoms with Crippen LogP contribution in [0.25, 0.3) is 0 Å². The molecule has 10 rings (SSSR count). The smallest absolute Gasteiger partial charge is 0.435 e. The Kier molecular flexibility index (Phi) is 24.7. The third kappa shape index (κ3) is 17.2. The Morgan fingerprint density at radius 1 is 0.847 bits per heavy atom. The monoisotopic (exact) mass is 1430 g/mol. The van der Waals surface area contributed by atoms with Crippen molar-refractivity contribution >= 4 is 46.7 Å². The fourth-order valence-corrected chi connectivity index (χ4v) is 14.5. The number of aliphatic hydroxyl groups excluding tert-OH is 2. The van der Waals surface area contributed by atoms with E-state index in [1.54, 1.807) is 45.5 Å². The summed E-state index contributed by atoms with van der Waals surface area (Å²) in [6.07, 6.45) is -1.63. The number of hydrogen-bond donors (Lipinski definition) is 5. The topological polar surface area (TPSA) is 250 Å². The molecule has 0 saturated carbocycles. The molecule has 1 spiro atoms. The number of aryl methyl sites for hydroxylation is 1. The molecular weight excluding hydrogens is 1340 g/mol. The van der Waals surface area contributed by atoms with Gasteiger partial charge in [0.25, 0.3) is 11.5 Å². The van der Waals surface area contributed by atoms with E-state index in [-0.39, 0.29) is 75.1 Å². The zero-order valence-corrected chi connectivity index (χ0v) is 58.0. The molecule has 2 amide bonds. The van der Waals surface area contributed by atoms with Crippen molar-refractivity contribution < 1.29 is 108 Å². The number of alkyl halides is 6. The second kappa shape index (κ2) is 31.5. The molecule has 4 fully saturated rings. The lowest BCUT2D eigenvalue weighted by Crippen LogP contribution is -2.58. The normalized spacial score (nSPS) is 37.7. The number of esters is 1. The second-order valence-corrected chi connectivity index (χ2v) is 27.7. The Hall–Kier alpha value is -5.30. The fraction of sp³-hybridized carbons (Fsp3) is 0.629. The van der Waals surface area contributed by atoms with E-state index in [2.05, 4.69) is 50.3 Å². The summed E-state index contributed by atoms with van der Waals surface area (Å²) in [7, 11) is 3.22. The van der Waals surface area contributed by atoms with E-state index in [9.17, 15) is 56.0 Å². The summed E-state index contributed by atoms with van der Waals surface area (Å²) in [6.45, 7) is 15.3. The standard InChI is InChI=1S/C48H72O14.C22H17Cl2F6N3O3/c1-11-25(2)43-28(5)17-18-47(62-43)23-34-20-33(61-47)16-15-27(4)42(26(3)13-12-14-32-24-55-45-40(49)29(6)19-35(46(51)58-34)48(32,45)52)59-39-22-37(54-10)44(31(8)57-39)60-38-21-36(53-9)41(50)30(7)56-38;1-11-4-12(2-3-16(11)19(35)31-9-18(34)32-10-21(25,26)27)17-8-20(36-33-17,22(28,29)30)13-5-14(23)7-15(24)6-13/h12-15,17-19,25-26,28,30-31,33-45,49-50,52H,11,16,20-24H2,1-10H3;2-7H,8-10H2,1H3,(H,31,35)(H,32,34)/b13-12+,27-15+,32-14+;/t25-,26-,28-,30-,31-,33+,34-,35-,36-,37-,38-,39-,40+,41-,42-,43+,44-,45+,47+,48+;20-/m00/s1. The van der Waals surface area contributed by atoms with Gasteiger partial charge in [-0.15, -0.1) is 0 Å². The van der Waals surface area contributed by atoms with Crippen LogP contribution in [0.2, 0.25) is 10.0 Å². The Balaban J connectivity index is 0.000000265. The number of nitrogens with zero attached hydrogens (tertiary/aromatic N) is 1. The lowest BCUT2D eigenvalue weighted by Gasteiger charge is -2.48. The number of hydrogen-bond acceptors (Lipinski definition) is 18. The number of carbonyl (C=O) groups is 3. The largest absolute Gasteiger partial charge is 0.462 e. The number of benzene rings is 2. The van der Waals surface area contributed by atoms with Crippen LogP contribution in [0.4, 0.5) is 26.3 Å². The minimum atomic E-state index is -4.88. The number of oxime groups is 1. The molecule has 7 heterocycles. The minimum absolute atomic E-state index is 0.0172. The van der Waals surface area contributed by atoms with Crippen LogP contribution in [-0.2, 0) is 67.4 Å². The van der Waals surface area contributed by atoms with Gasteiger partial charge in [-0.05, 0) is 111 Å². The highest BCUT2D eigenvalue weighted by molar-refractivity contribution is 6.34. The average Bonchev–Trinajstić information content (AvgIpc) is 1.53. The van der Waals surface area contributed by atoms with E-state index >= 15 is 0 Å². The number of amides is 2. The van der Waals surface area contributed by atoms with Crippen LogP contribution in [-0.4, -0.2) is 182 Å². The van der Waals surface area contributed by atoms with Gasteiger partial charge in [0, 0.05) is 79.3 Å². The van der Waals surface area contributed by atoms with Crippen molar-refractivity contribution in [2.24, 2.45) is 28.8 Å². The highest BCUT2D eigenvalue weighted by Crippen LogP contribution is 2.51. The van der Waals surface area contributed by atoms with Crippen molar-refractivity contribution in [2.45, 2.75) is 222 Å². The molecule has 0 radical (unpaired) electrons. The van der Waals surface area contributed by atoms with Gasteiger partial charge in [-0.1, -0.05) is 105 Å². The number of ether oxygens (including phenoxy) is 10. The van der Waals surface area contributed by atoms with Gasteiger partial charge in [0.2, 0.25) is 5.91 Å². The predicted molar refractivity (Wildman–Crippen MR) is 346 cm³/mol. The first-order chi connectivity index (χ1) is 46.1. The van der Waals surface area contributed by atoms with Gasteiger partial charge in [0.05, 0.1) is 61.6 Å². The van der Waals surface area contributed by atoms with Crippen molar-refractivity contribution in [3.05, 3.63) is 128 Å². The van der Waals surface area contributed by atoms with Gasteiger partial charge in [-0.3, -0.25) is 14.4 Å². The summed E-state index contributed by atoms with van der Waals surface area (Å²) in [5.74, 6) is -4.37. The lowest BCUT2D eigenvalue weighted by molar-refractivity contribution is -0.318. The first-order valence-electron chi connectivity index (χ1n) is 33.0. The van der Waals surface area contributed by atoms with E-state index in [1.165, 1.54) is 31.2 Å². The minimum Gasteiger partial charge on any atom is -0.462 e. The van der Waals surface area contributed by atoms with Crippen LogP contribution in [0, 0.1) is 30.6 Å². The predicted octanol–water partition coefficient (Wildman–Crippen LogP) is 10.7. The maximum absolute atomic E-state index is 14.3. The van der Waals surface area contributed by atoms with Gasteiger partial charge in [0.15, 0.2) is 18.4 Å². The van der Waals surface area contributed by atoms with Gasteiger partial charge in [0.1, 0.15) is 48.6 Å². The number of carbonyl (C=O) groups excluding carboxylic acids is 3. The molecule has 28 heteroatoms. The van der Waals surface area contributed by atoms with Gasteiger partial charge in [-0.25, -0.2) is 0 Å². The molecule has 20 nitrogen and oxygen atoms in total. The Morgan fingerprint density at radius 2 is 1.53 bits per heavy atom. The zero-order chi connectivity index (χ0) is 71.6. The molecule has 0 aromatic heterocycles. The fourth-order valence-electron chi connectivity index (χ4n) is 14.0. The molecular formula is C70H89Cl2F6N3O17. The van der Waals surface area contributed by atoms with Crippen molar-refractivity contribution in [1.82, 2.24) is 10.6 Å². The number of aliphatic hydroxyl groups is 3. The molecule has 4 saturated heterocycles. The highest BCUT2D eigenvalue weighted by atomic mass is 35.5. The summed E-state index contributed by atoms with van der Waals surface area (Å²) in [4.78, 5) is 43.1. The van der Waals surface area contributed by atoms with Crippen LogP contribution in [0.3, 0.4) is 0 Å². The molecule has 2 aromatic rings. The number of methoxy groups -OCH3 is 2. The highest BCUT2D eigenvalue weighted by Gasteiger charge is 2.63. The Morgan fingerprint density at radius 3 is 2.19 bits per heavy atom. The zero-order valence-electron chi connectivity index (χ0n) is 56.5. The maximum Gasteiger partial charge on any atom is 0.435 e. The van der Waals surface area contributed by atoms with Crippen LogP contribution >= 0.6 is 23.2 Å². The third-order valence-corrected chi connectivity index (χ3v) is 20.2. The SMILES string of the molecule is CC[C@H](C)[C@H]1O[C@]2(C=C[C@@H]1C)C[C@@H]1C[C@@H](C/C=C(\C)[C@@H](O[C@H]3C[C@H](OC)[C@@H](O[C@H]4C[C@H](OC)[C@@H](O)[C@H](C)O4)[C@H](C)O3)[C@@H](C)/C=C/C=C3\CO[C@@H]4[C@H](O)C(C)=C[C@@H](C(=O)O1)[C@]34O)O2.Cc1cc(C2=NO[C@@](c3cc(Cl)cc(Cl)c3)(C(F)(F)F)C2)ccc1C(=O)NCC(=O)NCC(F)(F)F. The molecule has 8 aliphatic rings. The van der Waals surface area contributed by atoms with Crippen LogP contribution in [0.5, 0.6) is 0 Å². The molecule has 2 bridgehead atoms. The van der Waals surface area contributed by atoms with Crippen molar-refractivity contribution in [3.8, 4) is 0 Å². The summed E-state index contributed by atoms with van der Waals surface area (Å²) >= 11 is 11.8. The van der Waals surface area contributed by atoms with E-state index < -0.39 is 140 Å². The summed E-state index contributed by atoms with van der Waals surface area (Å²) in [5, 5.41) is 41.6. The molecule has 0 unspecified atom stereocenters. The Labute approximate surface area is 576 Å². The molecule has 2 aromatic carbocycles. The number of halogens is 8. The number of fused-ring (bicyclic) bond motifs is 2. The lowest BCUT2D eigenvalue weighted by atomic mass is 9.71. The van der Waals surface area contributed by atoms with Crippen LogP contribution in [0.15, 0.2) is 101 Å². The van der Waals surface area contributed by atoms with E-state index in [0.717, 1.165) is 24.1 Å². The molecule has 1 aliphatic carbocycles.